The predicted octanol–water partition coefficient (Wildman–Crippen LogP) is 11.2. The molecule has 8 aromatic rings. The number of aromatic nitrogens is 4. The summed E-state index contributed by atoms with van der Waals surface area (Å²) >= 11 is 6.36. The van der Waals surface area contributed by atoms with E-state index in [0.717, 1.165) is 113 Å². The number of hydrogen-bond acceptors (Lipinski definition) is 10. The summed E-state index contributed by atoms with van der Waals surface area (Å²) in [6, 6.07) is 35.2. The Morgan fingerprint density at radius 1 is 0.613 bits per heavy atom. The largest absolute Gasteiger partial charge is 0.496 e. The monoisotopic (exact) mass is 1100 g/mol. The maximum atomic E-state index is 13.8. The van der Waals surface area contributed by atoms with E-state index in [-0.39, 0.29) is 47.6 Å². The summed E-state index contributed by atoms with van der Waals surface area (Å²) in [5.41, 5.74) is 10.3. The van der Waals surface area contributed by atoms with Crippen LogP contribution in [0.2, 0.25) is 5.02 Å². The van der Waals surface area contributed by atoms with Crippen molar-refractivity contribution in [3.63, 3.8) is 0 Å². The first-order valence-electron chi connectivity index (χ1n) is 27.7. The van der Waals surface area contributed by atoms with Crippen LogP contribution in [0.3, 0.4) is 0 Å². The highest BCUT2D eigenvalue weighted by molar-refractivity contribution is 6.58. The van der Waals surface area contributed by atoms with Gasteiger partial charge in [0.15, 0.2) is 11.6 Å². The molecule has 2 aliphatic rings. The number of methoxy groups -OCH3 is 2. The van der Waals surface area contributed by atoms with Crippen LogP contribution in [0.1, 0.15) is 119 Å². The first kappa shape index (κ1) is 59.1. The van der Waals surface area contributed by atoms with Crippen LogP contribution in [0.5, 0.6) is 11.5 Å². The first-order chi connectivity index (χ1) is 38.5. The topological polar surface area (TPSA) is 187 Å². The van der Waals surface area contributed by atoms with Crippen LogP contribution in [0.4, 0.5) is 0 Å². The van der Waals surface area contributed by atoms with E-state index in [0.29, 0.717) is 63.4 Å². The molecule has 0 spiro atoms. The summed E-state index contributed by atoms with van der Waals surface area (Å²) in [4.78, 5) is 58.1. The lowest BCUT2D eigenvalue weighted by Gasteiger charge is -2.30. The molecule has 2 saturated heterocycles. The number of hydrogen-bond donors (Lipinski definition) is 4. The summed E-state index contributed by atoms with van der Waals surface area (Å²) in [7, 11) is 1.75. The zero-order valence-corrected chi connectivity index (χ0v) is 48.0. The van der Waals surface area contributed by atoms with Crippen LogP contribution in [0.25, 0.3) is 32.9 Å². The fourth-order valence-corrected chi connectivity index (χ4v) is 12.0. The number of carbonyl (C=O) groups excluding carboxylic acids is 2. The molecule has 2 fully saturated rings. The van der Waals surface area contributed by atoms with Gasteiger partial charge in [-0.05, 0) is 139 Å². The maximum Gasteiger partial charge on any atom is 0.488 e. The average Bonchev–Trinajstić information content (AvgIpc) is 4.06. The summed E-state index contributed by atoms with van der Waals surface area (Å²) in [6.07, 6.45) is 5.11. The average molecular weight is 1110 g/mol. The van der Waals surface area contributed by atoms with Gasteiger partial charge >= 0.3 is 7.12 Å². The van der Waals surface area contributed by atoms with Crippen LogP contribution in [0.15, 0.2) is 119 Å². The fraction of sp³-hybridized carbons (Fsp3) is 0.375. The number of ketones is 2. The van der Waals surface area contributed by atoms with E-state index in [1.165, 1.54) is 0 Å². The summed E-state index contributed by atoms with van der Waals surface area (Å²) in [5.74, 6) is 2.06. The van der Waals surface area contributed by atoms with E-state index in [1.807, 2.05) is 63.2 Å². The van der Waals surface area contributed by atoms with Gasteiger partial charge in [-0.3, -0.25) is 19.2 Å². The Morgan fingerprint density at radius 3 is 1.46 bits per heavy atom. The van der Waals surface area contributed by atoms with E-state index in [1.54, 1.807) is 50.6 Å². The Bertz CT molecular complexity index is 3560. The molecule has 4 N–H and O–H groups in total. The second kappa shape index (κ2) is 27.0. The van der Waals surface area contributed by atoms with Gasteiger partial charge in [-0.2, -0.15) is 0 Å². The minimum absolute atomic E-state index is 0.0137. The summed E-state index contributed by atoms with van der Waals surface area (Å²) < 4.78 is 26.7. The Kier molecular flexibility index (Phi) is 19.9. The second-order valence-electron chi connectivity index (χ2n) is 21.1. The van der Waals surface area contributed by atoms with Crippen LogP contribution in [-0.2, 0) is 22.3 Å². The van der Waals surface area contributed by atoms with Gasteiger partial charge in [-0.15, -0.1) is 0 Å². The number of H-pyrrole nitrogens is 2. The van der Waals surface area contributed by atoms with E-state index >= 15 is 0 Å². The quantitative estimate of drug-likeness (QED) is 0.0536. The van der Waals surface area contributed by atoms with Crippen LogP contribution in [0, 0.1) is 39.5 Å². The lowest BCUT2D eigenvalue weighted by Crippen LogP contribution is -2.29. The number of fused-ring (bicyclic) bond motifs is 2. The molecule has 0 amide bonds. The van der Waals surface area contributed by atoms with Crippen molar-refractivity contribution in [2.75, 3.05) is 40.6 Å². The highest BCUT2D eigenvalue weighted by atomic mass is 35.5. The fourth-order valence-electron chi connectivity index (χ4n) is 11.8. The molecule has 420 valence electrons. The Morgan fingerprint density at radius 2 is 1.04 bits per heavy atom. The van der Waals surface area contributed by atoms with Crippen molar-refractivity contribution in [3.05, 3.63) is 180 Å². The van der Waals surface area contributed by atoms with E-state index in [9.17, 15) is 19.2 Å². The summed E-state index contributed by atoms with van der Waals surface area (Å²) in [6.45, 7) is 15.3. The minimum atomic E-state index is -1.34. The van der Waals surface area contributed by atoms with E-state index in [4.69, 9.17) is 40.6 Å². The molecule has 2 aliphatic heterocycles. The SMILES string of the molecule is COc1cc(C)[nH]c(=O)c1CCC(=O)c1c(C)n(C(C)C2CCOCC2)c2cc(-c3ccccc3)ccc12.COc1cc(C)[nH]c(=O)c1CCC(=O)c1c(C)n(C(C)C2CCOCC2)c2cc(Cl)ccc12.OB(O)c1ccccc1. The minimum Gasteiger partial charge on any atom is -0.496 e. The molecule has 0 saturated carbocycles. The molecule has 2 unspecified atom stereocenters. The van der Waals surface area contributed by atoms with Crippen molar-refractivity contribution >= 4 is 57.6 Å². The van der Waals surface area contributed by atoms with Crippen molar-refractivity contribution in [1.82, 2.24) is 19.1 Å². The molecule has 16 heteroatoms. The van der Waals surface area contributed by atoms with Gasteiger partial charge < -0.3 is 48.1 Å². The molecule has 4 aromatic carbocycles. The molecule has 2 atom stereocenters. The molecular formula is C64H74BClN4O10. The molecular weight excluding hydrogens is 1030 g/mol. The second-order valence-corrected chi connectivity index (χ2v) is 21.5. The highest BCUT2D eigenvalue weighted by Gasteiger charge is 2.30. The number of benzene rings is 4. The number of aromatic amines is 2. The molecule has 0 bridgehead atoms. The van der Waals surface area contributed by atoms with Crippen molar-refractivity contribution in [2.24, 2.45) is 11.8 Å². The molecule has 10 rings (SSSR count). The lowest BCUT2D eigenvalue weighted by molar-refractivity contribution is 0.0516. The highest BCUT2D eigenvalue weighted by Crippen LogP contribution is 2.39. The number of ether oxygens (including phenoxy) is 4. The van der Waals surface area contributed by atoms with Crippen molar-refractivity contribution < 1.29 is 38.6 Å². The van der Waals surface area contributed by atoms with E-state index in [2.05, 4.69) is 70.2 Å². The number of aryl methyl sites for hydroxylation is 2. The van der Waals surface area contributed by atoms with Crippen molar-refractivity contribution in [1.29, 1.82) is 0 Å². The zero-order valence-electron chi connectivity index (χ0n) is 47.2. The molecule has 0 radical (unpaired) electrons. The normalized spacial score (nSPS) is 14.6. The Labute approximate surface area is 473 Å². The summed E-state index contributed by atoms with van der Waals surface area (Å²) in [5, 5.41) is 19.7. The number of nitrogens with zero attached hydrogens (tertiary/aromatic N) is 2. The number of pyridine rings is 2. The predicted molar refractivity (Wildman–Crippen MR) is 319 cm³/mol. The molecule has 80 heavy (non-hydrogen) atoms. The van der Waals surface area contributed by atoms with Crippen LogP contribution < -0.4 is 26.1 Å². The lowest BCUT2D eigenvalue weighted by atomic mass is 9.81. The van der Waals surface area contributed by atoms with Gasteiger partial charge in [0.2, 0.25) is 0 Å². The third-order valence-corrected chi connectivity index (χ3v) is 16.3. The van der Waals surface area contributed by atoms with Crippen molar-refractivity contribution in [2.45, 2.75) is 105 Å². The zero-order chi connectivity index (χ0) is 57.2. The molecule has 6 heterocycles. The number of nitrogens with one attached hydrogen (secondary N) is 2. The van der Waals surface area contributed by atoms with Gasteiger partial charge in [0, 0.05) is 107 Å². The van der Waals surface area contributed by atoms with E-state index < -0.39 is 7.12 Å². The first-order valence-corrected chi connectivity index (χ1v) is 28.0. The smallest absolute Gasteiger partial charge is 0.488 e. The van der Waals surface area contributed by atoms with Gasteiger partial charge in [-0.25, -0.2) is 0 Å². The Balaban J connectivity index is 0.000000183. The standard InChI is InChI=1S/C32H36N2O4.C26H31ClN2O4.C6H7BO2/c1-20-18-30(37-4)27(32(36)33-20)12-13-29(35)31-22(3)34(21(2)23-14-16-38-17-15-23)28-19-25(10-11-26(28)31)24-8-6-5-7-9-24;1-15-13-24(32-4)21(26(31)28-15)7-8-23(30)25-17(3)29(16(2)18-9-11-33-12-10-18)22-14-19(27)5-6-20(22)25;8-7(9)6-4-2-1-3-5-6/h5-11,18-19,21,23H,12-17H2,1-4H3,(H,33,36);5-6,13-14,16,18H,7-12H2,1-4H3,(H,28,31);1-5,8-9H. The third-order valence-electron chi connectivity index (χ3n) is 16.0. The number of halogens is 1. The van der Waals surface area contributed by atoms with Crippen molar-refractivity contribution in [3.8, 4) is 22.6 Å². The van der Waals surface area contributed by atoms with Crippen LogP contribution in [-0.4, -0.2) is 88.5 Å². The molecule has 4 aromatic heterocycles. The Hall–Kier alpha value is -7.01. The van der Waals surface area contributed by atoms with Crippen LogP contribution >= 0.6 is 11.6 Å². The van der Waals surface area contributed by atoms with Gasteiger partial charge in [0.05, 0.1) is 30.9 Å². The number of carbonyl (C=O) groups is 2. The molecule has 14 nitrogen and oxygen atoms in total. The van der Waals surface area contributed by atoms with Gasteiger partial charge in [0.25, 0.3) is 11.1 Å². The van der Waals surface area contributed by atoms with Gasteiger partial charge in [-0.1, -0.05) is 90.5 Å². The number of rotatable bonds is 16. The third kappa shape index (κ3) is 13.4. The molecule has 0 aliphatic carbocycles. The van der Waals surface area contributed by atoms with Gasteiger partial charge in [0.1, 0.15) is 11.5 Å². The number of Topliss-reactive ketones (excluding diaryl/α,β-unsaturated/α-hetero) is 2. The maximum absolute atomic E-state index is 13.8.